The maximum atomic E-state index is 12.9. The SMILES string of the molecule is OCC1C(O)C(O)CCN1CCCCCOCc1ccc(-c2cccc(C(F)(F)F)c2)cc1. The van der Waals surface area contributed by atoms with Gasteiger partial charge in [-0.15, -0.1) is 0 Å². The predicted molar refractivity (Wildman–Crippen MR) is 119 cm³/mol. The molecule has 1 saturated heterocycles. The monoisotopic (exact) mass is 467 g/mol. The molecule has 3 N–H and O–H groups in total. The topological polar surface area (TPSA) is 73.2 Å². The minimum absolute atomic E-state index is 0.173. The number of piperidine rings is 1. The molecule has 1 heterocycles. The van der Waals surface area contributed by atoms with Gasteiger partial charge in [0.25, 0.3) is 0 Å². The molecule has 182 valence electrons. The van der Waals surface area contributed by atoms with Crippen LogP contribution >= 0.6 is 0 Å². The molecule has 1 fully saturated rings. The van der Waals surface area contributed by atoms with Gasteiger partial charge < -0.3 is 20.1 Å². The molecule has 2 aromatic rings. The lowest BCUT2D eigenvalue weighted by atomic mass is 9.96. The molecule has 0 aliphatic carbocycles. The fraction of sp³-hybridized carbons (Fsp3) is 0.520. The van der Waals surface area contributed by atoms with Crippen molar-refractivity contribution in [2.45, 2.75) is 56.7 Å². The van der Waals surface area contributed by atoms with Gasteiger partial charge in [0.1, 0.15) is 0 Å². The molecular formula is C25H32F3NO4. The smallest absolute Gasteiger partial charge is 0.395 e. The Morgan fingerprint density at radius 3 is 2.42 bits per heavy atom. The summed E-state index contributed by atoms with van der Waals surface area (Å²) in [4.78, 5) is 2.03. The fourth-order valence-corrected chi connectivity index (χ4v) is 4.16. The van der Waals surface area contributed by atoms with Crippen molar-refractivity contribution in [2.24, 2.45) is 0 Å². The molecule has 5 nitrogen and oxygen atoms in total. The summed E-state index contributed by atoms with van der Waals surface area (Å²) in [6.07, 6.45) is -2.80. The van der Waals surface area contributed by atoms with Crippen LogP contribution in [0.15, 0.2) is 48.5 Å². The Morgan fingerprint density at radius 2 is 1.73 bits per heavy atom. The highest BCUT2D eigenvalue weighted by Gasteiger charge is 2.35. The molecule has 0 spiro atoms. The Hall–Kier alpha value is -1.97. The predicted octanol–water partition coefficient (Wildman–Crippen LogP) is 3.85. The van der Waals surface area contributed by atoms with Gasteiger partial charge in [0, 0.05) is 13.2 Å². The number of rotatable bonds is 10. The summed E-state index contributed by atoms with van der Waals surface area (Å²) in [7, 11) is 0. The number of hydrogen-bond acceptors (Lipinski definition) is 5. The van der Waals surface area contributed by atoms with Crippen LogP contribution < -0.4 is 0 Å². The van der Waals surface area contributed by atoms with Crippen LogP contribution in [-0.2, 0) is 17.5 Å². The number of hydrogen-bond donors (Lipinski definition) is 3. The molecule has 0 aromatic heterocycles. The summed E-state index contributed by atoms with van der Waals surface area (Å²) in [5, 5.41) is 29.2. The maximum absolute atomic E-state index is 12.9. The van der Waals surface area contributed by atoms with Crippen LogP contribution in [0.2, 0.25) is 0 Å². The first kappa shape index (κ1) is 25.6. The van der Waals surface area contributed by atoms with Gasteiger partial charge in [-0.2, -0.15) is 13.2 Å². The van der Waals surface area contributed by atoms with Gasteiger partial charge >= 0.3 is 6.18 Å². The molecule has 3 rings (SSSR count). The van der Waals surface area contributed by atoms with Gasteiger partial charge in [0.15, 0.2) is 0 Å². The zero-order chi connectivity index (χ0) is 23.8. The Balaban J connectivity index is 1.35. The van der Waals surface area contributed by atoms with E-state index < -0.39 is 30.0 Å². The van der Waals surface area contributed by atoms with Gasteiger partial charge in [-0.25, -0.2) is 0 Å². The van der Waals surface area contributed by atoms with Crippen molar-refractivity contribution in [3.8, 4) is 11.1 Å². The minimum Gasteiger partial charge on any atom is -0.395 e. The maximum Gasteiger partial charge on any atom is 0.416 e. The number of unbranched alkanes of at least 4 members (excludes halogenated alkanes) is 2. The Bertz CT molecular complexity index is 859. The van der Waals surface area contributed by atoms with Crippen molar-refractivity contribution in [3.63, 3.8) is 0 Å². The Kier molecular flexibility index (Phi) is 9.28. The summed E-state index contributed by atoms with van der Waals surface area (Å²) in [5.74, 6) is 0. The molecule has 1 aliphatic heterocycles. The lowest BCUT2D eigenvalue weighted by Gasteiger charge is -2.40. The molecule has 0 radical (unpaired) electrons. The lowest BCUT2D eigenvalue weighted by molar-refractivity contribution is -0.137. The largest absolute Gasteiger partial charge is 0.416 e. The van der Waals surface area contributed by atoms with Crippen molar-refractivity contribution in [1.29, 1.82) is 0 Å². The van der Waals surface area contributed by atoms with Gasteiger partial charge in [0.2, 0.25) is 0 Å². The van der Waals surface area contributed by atoms with E-state index in [4.69, 9.17) is 4.74 Å². The average Bonchev–Trinajstić information content (AvgIpc) is 2.80. The van der Waals surface area contributed by atoms with Crippen LogP contribution in [0.4, 0.5) is 13.2 Å². The van der Waals surface area contributed by atoms with Crippen LogP contribution in [0.1, 0.15) is 36.8 Å². The third-order valence-electron chi connectivity index (χ3n) is 6.14. The van der Waals surface area contributed by atoms with E-state index >= 15 is 0 Å². The molecule has 0 bridgehead atoms. The first-order chi connectivity index (χ1) is 15.8. The van der Waals surface area contributed by atoms with E-state index in [1.807, 2.05) is 17.0 Å². The van der Waals surface area contributed by atoms with Gasteiger partial charge in [0.05, 0.1) is 37.0 Å². The van der Waals surface area contributed by atoms with Crippen LogP contribution in [0.3, 0.4) is 0 Å². The first-order valence-corrected chi connectivity index (χ1v) is 11.3. The number of nitrogens with zero attached hydrogens (tertiary/aromatic N) is 1. The van der Waals surface area contributed by atoms with Crippen LogP contribution in [0.25, 0.3) is 11.1 Å². The van der Waals surface area contributed by atoms with Crippen LogP contribution in [0.5, 0.6) is 0 Å². The quantitative estimate of drug-likeness (QED) is 0.463. The highest BCUT2D eigenvalue weighted by molar-refractivity contribution is 5.64. The number of aliphatic hydroxyl groups is 3. The first-order valence-electron chi connectivity index (χ1n) is 11.3. The number of alkyl halides is 3. The number of ether oxygens (including phenoxy) is 1. The van der Waals surface area contributed by atoms with Gasteiger partial charge in [-0.05, 0) is 61.1 Å². The molecule has 3 unspecified atom stereocenters. The summed E-state index contributed by atoms with van der Waals surface area (Å²) < 4.78 is 44.4. The second-order valence-corrected chi connectivity index (χ2v) is 8.52. The Labute approximate surface area is 192 Å². The zero-order valence-electron chi connectivity index (χ0n) is 18.5. The normalized spacial score (nSPS) is 21.9. The van der Waals surface area contributed by atoms with E-state index in [1.165, 1.54) is 6.07 Å². The zero-order valence-corrected chi connectivity index (χ0v) is 18.5. The van der Waals surface area contributed by atoms with E-state index in [0.29, 0.717) is 31.7 Å². The molecule has 3 atom stereocenters. The van der Waals surface area contributed by atoms with E-state index in [0.717, 1.165) is 49.1 Å². The number of aliphatic hydroxyl groups excluding tert-OH is 3. The molecular weight excluding hydrogens is 435 g/mol. The van der Waals surface area contributed by atoms with Crippen LogP contribution in [0, 0.1) is 0 Å². The summed E-state index contributed by atoms with van der Waals surface area (Å²) in [6, 6.07) is 12.2. The standard InChI is InChI=1S/C25H32F3NO4/c26-25(27,28)21-6-4-5-20(15-21)19-9-7-18(8-10-19)17-33-14-3-1-2-12-29-13-11-23(31)24(32)22(29)16-30/h4-10,15,22-24,30-32H,1-3,11-14,16-17H2. The van der Waals surface area contributed by atoms with Crippen molar-refractivity contribution >= 4 is 0 Å². The molecule has 8 heteroatoms. The van der Waals surface area contributed by atoms with E-state index in [9.17, 15) is 28.5 Å². The second kappa shape index (κ2) is 11.9. The third kappa shape index (κ3) is 7.25. The number of halogens is 3. The number of benzene rings is 2. The van der Waals surface area contributed by atoms with Gasteiger partial charge in [-0.1, -0.05) is 36.4 Å². The molecule has 33 heavy (non-hydrogen) atoms. The summed E-state index contributed by atoms with van der Waals surface area (Å²) in [5.41, 5.74) is 1.54. The van der Waals surface area contributed by atoms with Gasteiger partial charge in [-0.3, -0.25) is 4.90 Å². The number of likely N-dealkylation sites (tertiary alicyclic amines) is 1. The summed E-state index contributed by atoms with van der Waals surface area (Å²) in [6.45, 7) is 2.28. The average molecular weight is 468 g/mol. The molecule has 0 amide bonds. The minimum atomic E-state index is -4.36. The van der Waals surface area contributed by atoms with Crippen molar-refractivity contribution in [1.82, 2.24) is 4.90 Å². The van der Waals surface area contributed by atoms with E-state index in [-0.39, 0.29) is 6.61 Å². The van der Waals surface area contributed by atoms with Crippen LogP contribution in [-0.4, -0.2) is 64.8 Å². The Morgan fingerprint density at radius 1 is 0.970 bits per heavy atom. The van der Waals surface area contributed by atoms with Crippen molar-refractivity contribution < 1.29 is 33.2 Å². The molecule has 0 saturated carbocycles. The van der Waals surface area contributed by atoms with E-state index in [1.54, 1.807) is 18.2 Å². The van der Waals surface area contributed by atoms with Crippen molar-refractivity contribution in [3.05, 3.63) is 59.7 Å². The molecule has 2 aromatic carbocycles. The van der Waals surface area contributed by atoms with E-state index in [2.05, 4.69) is 0 Å². The highest BCUT2D eigenvalue weighted by Crippen LogP contribution is 2.32. The second-order valence-electron chi connectivity index (χ2n) is 8.52. The lowest BCUT2D eigenvalue weighted by Crippen LogP contribution is -2.56. The van der Waals surface area contributed by atoms with Crippen molar-refractivity contribution in [2.75, 3.05) is 26.3 Å². The fourth-order valence-electron chi connectivity index (χ4n) is 4.16. The highest BCUT2D eigenvalue weighted by atomic mass is 19.4. The third-order valence-corrected chi connectivity index (χ3v) is 6.14. The molecule has 1 aliphatic rings. The summed E-state index contributed by atoms with van der Waals surface area (Å²) >= 11 is 0.